The van der Waals surface area contributed by atoms with Crippen LogP contribution in [-0.4, -0.2) is 17.8 Å². The predicted octanol–water partition coefficient (Wildman–Crippen LogP) is 3.30. The molecule has 0 atom stereocenters. The van der Waals surface area contributed by atoms with Crippen molar-refractivity contribution in [1.82, 2.24) is 0 Å². The minimum Gasteiger partial charge on any atom is -0.435 e. The van der Waals surface area contributed by atoms with Crippen LogP contribution in [0.1, 0.15) is 10.4 Å². The molecular formula is C9H5ClF4O2. The summed E-state index contributed by atoms with van der Waals surface area (Å²) in [4.78, 5) is 10.9. The second kappa shape index (κ2) is 4.69. The summed E-state index contributed by atoms with van der Waals surface area (Å²) in [7, 11) is 0. The fraction of sp³-hybridized carbons (Fsp3) is 0.222. The fourth-order valence-electron chi connectivity index (χ4n) is 0.951. The van der Waals surface area contributed by atoms with Gasteiger partial charge in [0.1, 0.15) is 5.75 Å². The van der Waals surface area contributed by atoms with Gasteiger partial charge < -0.3 is 4.74 Å². The lowest BCUT2D eigenvalue weighted by molar-refractivity contribution is -0.0498. The Kier molecular flexibility index (Phi) is 3.74. The molecule has 88 valence electrons. The molecule has 1 aromatic rings. The van der Waals surface area contributed by atoms with Crippen molar-refractivity contribution >= 4 is 17.4 Å². The number of hydrogen-bond donors (Lipinski definition) is 0. The van der Waals surface area contributed by atoms with Gasteiger partial charge in [-0.05, 0) is 35.9 Å². The Bertz CT molecular complexity index is 372. The van der Waals surface area contributed by atoms with Crippen molar-refractivity contribution in [3.05, 3.63) is 29.8 Å². The van der Waals surface area contributed by atoms with Gasteiger partial charge in [0.25, 0.3) is 0 Å². The number of ketones is 1. The first-order valence-electron chi connectivity index (χ1n) is 3.97. The van der Waals surface area contributed by atoms with Gasteiger partial charge in [-0.25, -0.2) is 0 Å². The number of halogens is 5. The van der Waals surface area contributed by atoms with Crippen molar-refractivity contribution in [2.45, 2.75) is 12.0 Å². The molecule has 0 saturated carbocycles. The van der Waals surface area contributed by atoms with E-state index in [0.717, 1.165) is 24.3 Å². The summed E-state index contributed by atoms with van der Waals surface area (Å²) in [5, 5.41) is -4.01. The molecule has 0 spiro atoms. The zero-order chi connectivity index (χ0) is 12.3. The minimum absolute atomic E-state index is 0.232. The summed E-state index contributed by atoms with van der Waals surface area (Å²) >= 11 is 4.51. The molecule has 16 heavy (non-hydrogen) atoms. The van der Waals surface area contributed by atoms with Crippen LogP contribution >= 0.6 is 11.6 Å². The van der Waals surface area contributed by atoms with Crippen LogP contribution in [0, 0.1) is 0 Å². The summed E-state index contributed by atoms with van der Waals surface area (Å²) in [6.45, 7) is -3.02. The van der Waals surface area contributed by atoms with Gasteiger partial charge in [-0.2, -0.15) is 17.6 Å². The number of carbonyl (C=O) groups excluding carboxylic acids is 1. The molecule has 0 bridgehead atoms. The number of Topliss-reactive ketones (excluding diaryl/α,β-unsaturated/α-hetero) is 1. The van der Waals surface area contributed by atoms with E-state index in [1.165, 1.54) is 0 Å². The first-order chi connectivity index (χ1) is 7.30. The van der Waals surface area contributed by atoms with Crippen molar-refractivity contribution in [2.24, 2.45) is 0 Å². The van der Waals surface area contributed by atoms with Crippen LogP contribution in [0.15, 0.2) is 24.3 Å². The normalized spacial score (nSPS) is 11.6. The van der Waals surface area contributed by atoms with Gasteiger partial charge in [-0.3, -0.25) is 4.79 Å². The van der Waals surface area contributed by atoms with Crippen LogP contribution in [-0.2, 0) is 0 Å². The third kappa shape index (κ3) is 3.37. The van der Waals surface area contributed by atoms with E-state index in [-0.39, 0.29) is 11.3 Å². The molecule has 0 saturated heterocycles. The van der Waals surface area contributed by atoms with E-state index < -0.39 is 17.8 Å². The highest BCUT2D eigenvalue weighted by molar-refractivity contribution is 6.35. The lowest BCUT2D eigenvalue weighted by Crippen LogP contribution is -2.21. The Labute approximate surface area is 92.8 Å². The van der Waals surface area contributed by atoms with Gasteiger partial charge in [0.05, 0.1) is 0 Å². The Balaban J connectivity index is 2.83. The fourth-order valence-corrected chi connectivity index (χ4v) is 1.06. The lowest BCUT2D eigenvalue weighted by atomic mass is 10.1. The molecule has 2 nitrogen and oxygen atoms in total. The van der Waals surface area contributed by atoms with Gasteiger partial charge in [-0.15, -0.1) is 0 Å². The molecule has 0 radical (unpaired) electrons. The summed E-state index contributed by atoms with van der Waals surface area (Å²) < 4.78 is 52.2. The molecule has 7 heteroatoms. The van der Waals surface area contributed by atoms with Gasteiger partial charge in [0.15, 0.2) is 0 Å². The van der Waals surface area contributed by atoms with Crippen molar-refractivity contribution in [1.29, 1.82) is 0 Å². The van der Waals surface area contributed by atoms with Gasteiger partial charge in [0, 0.05) is 5.56 Å². The lowest BCUT2D eigenvalue weighted by Gasteiger charge is -2.07. The number of benzene rings is 1. The van der Waals surface area contributed by atoms with Crippen LogP contribution in [0.25, 0.3) is 0 Å². The van der Waals surface area contributed by atoms with E-state index in [1.54, 1.807) is 0 Å². The van der Waals surface area contributed by atoms with Gasteiger partial charge >= 0.3 is 12.0 Å². The van der Waals surface area contributed by atoms with E-state index in [9.17, 15) is 22.4 Å². The van der Waals surface area contributed by atoms with Gasteiger partial charge in [0.2, 0.25) is 5.78 Å². The molecule has 0 N–H and O–H groups in total. The summed E-state index contributed by atoms with van der Waals surface area (Å²) in [6.07, 6.45) is 0. The molecule has 1 aromatic carbocycles. The Hall–Kier alpha value is -1.30. The predicted molar refractivity (Wildman–Crippen MR) is 48.2 cm³/mol. The van der Waals surface area contributed by atoms with E-state index >= 15 is 0 Å². The second-order valence-corrected chi connectivity index (χ2v) is 3.20. The molecule has 0 aliphatic carbocycles. The number of alkyl halides is 5. The first kappa shape index (κ1) is 12.8. The van der Waals surface area contributed by atoms with Crippen molar-refractivity contribution in [3.8, 4) is 5.75 Å². The molecule has 0 unspecified atom stereocenters. The summed E-state index contributed by atoms with van der Waals surface area (Å²) in [5.74, 6) is -1.83. The molecule has 0 fully saturated rings. The molecule has 1 rings (SSSR count). The van der Waals surface area contributed by atoms with Crippen molar-refractivity contribution in [3.63, 3.8) is 0 Å². The maximum Gasteiger partial charge on any atom is 0.387 e. The Morgan fingerprint density at radius 3 is 2.12 bits per heavy atom. The maximum atomic E-state index is 12.4. The standard InChI is InChI=1S/C9H5ClF4O2/c10-9(13,14)7(15)5-1-3-6(4-2-5)16-8(11)12/h1-4,8H. The summed E-state index contributed by atoms with van der Waals surface area (Å²) in [5.41, 5.74) is -0.387. The monoisotopic (exact) mass is 256 g/mol. The van der Waals surface area contributed by atoms with Crippen LogP contribution < -0.4 is 4.74 Å². The van der Waals surface area contributed by atoms with E-state index in [2.05, 4.69) is 16.3 Å². The molecule has 0 aromatic heterocycles. The van der Waals surface area contributed by atoms with E-state index in [4.69, 9.17) is 0 Å². The first-order valence-corrected chi connectivity index (χ1v) is 4.35. The van der Waals surface area contributed by atoms with Crippen molar-refractivity contribution < 1.29 is 27.1 Å². The average Bonchev–Trinajstić information content (AvgIpc) is 2.15. The van der Waals surface area contributed by atoms with Crippen LogP contribution in [0.2, 0.25) is 0 Å². The highest BCUT2D eigenvalue weighted by Crippen LogP contribution is 2.25. The number of ether oxygens (including phenoxy) is 1. The SMILES string of the molecule is O=C(c1ccc(OC(F)F)cc1)C(F)(F)Cl. The quantitative estimate of drug-likeness (QED) is 0.469. The average molecular weight is 257 g/mol. The largest absolute Gasteiger partial charge is 0.435 e. The molecule has 0 aliphatic rings. The zero-order valence-corrected chi connectivity index (χ0v) is 8.35. The molecular weight excluding hydrogens is 252 g/mol. The summed E-state index contributed by atoms with van der Waals surface area (Å²) in [6, 6.07) is 3.80. The van der Waals surface area contributed by atoms with Crippen LogP contribution in [0.4, 0.5) is 17.6 Å². The minimum atomic E-state index is -4.01. The zero-order valence-electron chi connectivity index (χ0n) is 7.59. The molecule has 0 amide bonds. The van der Waals surface area contributed by atoms with Crippen LogP contribution in [0.5, 0.6) is 5.75 Å². The molecule has 0 aliphatic heterocycles. The smallest absolute Gasteiger partial charge is 0.387 e. The Morgan fingerprint density at radius 1 is 1.25 bits per heavy atom. The third-order valence-corrected chi connectivity index (χ3v) is 1.77. The number of hydrogen-bond acceptors (Lipinski definition) is 2. The highest BCUT2D eigenvalue weighted by atomic mass is 35.5. The van der Waals surface area contributed by atoms with E-state index in [0.29, 0.717) is 0 Å². The molecule has 0 heterocycles. The van der Waals surface area contributed by atoms with E-state index in [1.807, 2.05) is 0 Å². The third-order valence-electron chi connectivity index (χ3n) is 1.60. The van der Waals surface area contributed by atoms with Crippen LogP contribution in [0.3, 0.4) is 0 Å². The number of carbonyl (C=O) groups is 1. The van der Waals surface area contributed by atoms with Crippen molar-refractivity contribution in [2.75, 3.05) is 0 Å². The van der Waals surface area contributed by atoms with Gasteiger partial charge in [-0.1, -0.05) is 0 Å². The highest BCUT2D eigenvalue weighted by Gasteiger charge is 2.36. The number of rotatable bonds is 4. The topological polar surface area (TPSA) is 26.3 Å². The second-order valence-electron chi connectivity index (χ2n) is 2.73. The maximum absolute atomic E-state index is 12.4. The Morgan fingerprint density at radius 2 is 1.75 bits per heavy atom.